The number of rotatable bonds is 5. The summed E-state index contributed by atoms with van der Waals surface area (Å²) in [5.41, 5.74) is 1.78. The maximum Gasteiger partial charge on any atom is 0.281 e. The third-order valence-electron chi connectivity index (χ3n) is 2.63. The third-order valence-corrected chi connectivity index (χ3v) is 3.97. The highest BCUT2D eigenvalue weighted by molar-refractivity contribution is 7.92. The van der Waals surface area contributed by atoms with Crippen molar-refractivity contribution in [1.29, 1.82) is 0 Å². The van der Waals surface area contributed by atoms with Crippen molar-refractivity contribution >= 4 is 16.0 Å². The number of hydrogen-bond donors (Lipinski definition) is 3. The van der Waals surface area contributed by atoms with Crippen LogP contribution in [0.25, 0.3) is 0 Å². The van der Waals surface area contributed by atoms with E-state index in [2.05, 4.69) is 35.4 Å². The maximum atomic E-state index is 12.2. The first-order valence-corrected chi connectivity index (χ1v) is 7.30. The number of H-pyrrole nitrogens is 1. The maximum absolute atomic E-state index is 12.2. The first-order valence-electron chi connectivity index (χ1n) is 5.81. The van der Waals surface area contributed by atoms with E-state index in [1.807, 2.05) is 0 Å². The minimum atomic E-state index is -3.83. The van der Waals surface area contributed by atoms with Crippen LogP contribution in [0.1, 0.15) is 17.0 Å². The summed E-state index contributed by atoms with van der Waals surface area (Å²) in [6.07, 6.45) is 1.45. The second-order valence-electron chi connectivity index (χ2n) is 4.17. The third kappa shape index (κ3) is 2.91. The molecule has 108 valence electrons. The average molecular weight is 297 g/mol. The Balaban J connectivity index is 2.30. The fourth-order valence-electron chi connectivity index (χ4n) is 1.52. The number of aryl methyl sites for hydroxylation is 2. The van der Waals surface area contributed by atoms with E-state index in [1.54, 1.807) is 20.9 Å². The number of aromatic amines is 1. The molecule has 0 spiro atoms. The Morgan fingerprint density at radius 1 is 1.25 bits per heavy atom. The molecule has 2 rings (SSSR count). The molecule has 2 aromatic rings. The van der Waals surface area contributed by atoms with Gasteiger partial charge in [-0.3, -0.25) is 5.10 Å². The van der Waals surface area contributed by atoms with Gasteiger partial charge in [-0.05, 0) is 20.9 Å². The molecule has 0 aliphatic heterocycles. The molecule has 2 heterocycles. The van der Waals surface area contributed by atoms with Gasteiger partial charge in [0.15, 0.2) is 5.03 Å². The van der Waals surface area contributed by atoms with E-state index < -0.39 is 10.0 Å². The van der Waals surface area contributed by atoms with E-state index in [0.717, 1.165) is 0 Å². The van der Waals surface area contributed by atoms with Crippen molar-refractivity contribution in [3.05, 3.63) is 23.1 Å². The zero-order chi connectivity index (χ0) is 14.8. The Labute approximate surface area is 116 Å². The van der Waals surface area contributed by atoms with Gasteiger partial charge in [0, 0.05) is 12.1 Å². The standard InChI is InChI=1S/C10H15N7O2S/c1-6-7(2)14-16-10(13-6)17-20(18,19)9-8(4-11-3)5-12-15-9/h5,11H,4H2,1-3H3,(H,12,15)(H,13,16,17). The summed E-state index contributed by atoms with van der Waals surface area (Å²) in [7, 11) is -2.11. The summed E-state index contributed by atoms with van der Waals surface area (Å²) in [4.78, 5) is 4.03. The van der Waals surface area contributed by atoms with Crippen LogP contribution >= 0.6 is 0 Å². The van der Waals surface area contributed by atoms with E-state index in [9.17, 15) is 8.42 Å². The van der Waals surface area contributed by atoms with Crippen molar-refractivity contribution in [2.45, 2.75) is 25.4 Å². The van der Waals surface area contributed by atoms with Crippen LogP contribution in [0.3, 0.4) is 0 Å². The summed E-state index contributed by atoms with van der Waals surface area (Å²) in [6, 6.07) is 0. The van der Waals surface area contributed by atoms with Crippen LogP contribution in [0.5, 0.6) is 0 Å². The number of sulfonamides is 1. The molecule has 9 nitrogen and oxygen atoms in total. The summed E-state index contributed by atoms with van der Waals surface area (Å²) in [5.74, 6) is -0.0712. The van der Waals surface area contributed by atoms with Crippen LogP contribution in [-0.4, -0.2) is 40.8 Å². The van der Waals surface area contributed by atoms with Gasteiger partial charge in [-0.2, -0.15) is 18.6 Å². The predicted octanol–water partition coefficient (Wildman–Crippen LogP) is -0.268. The highest BCUT2D eigenvalue weighted by Gasteiger charge is 2.22. The Morgan fingerprint density at radius 3 is 2.65 bits per heavy atom. The van der Waals surface area contributed by atoms with Gasteiger partial charge in [0.2, 0.25) is 0 Å². The summed E-state index contributed by atoms with van der Waals surface area (Å²) >= 11 is 0. The van der Waals surface area contributed by atoms with Crippen LogP contribution in [0.15, 0.2) is 11.2 Å². The molecule has 0 aromatic carbocycles. The fraction of sp³-hybridized carbons (Fsp3) is 0.400. The first-order chi connectivity index (χ1) is 9.44. The second-order valence-corrected chi connectivity index (χ2v) is 5.79. The molecule has 0 saturated heterocycles. The lowest BCUT2D eigenvalue weighted by atomic mass is 10.4. The first kappa shape index (κ1) is 14.3. The average Bonchev–Trinajstić information content (AvgIpc) is 2.83. The number of aromatic nitrogens is 5. The summed E-state index contributed by atoms with van der Waals surface area (Å²) < 4.78 is 26.7. The van der Waals surface area contributed by atoms with Gasteiger partial charge < -0.3 is 5.32 Å². The van der Waals surface area contributed by atoms with Crippen LogP contribution in [0.4, 0.5) is 5.95 Å². The molecule has 0 atom stereocenters. The Bertz CT molecular complexity index is 710. The van der Waals surface area contributed by atoms with Crippen LogP contribution in [0.2, 0.25) is 0 Å². The number of hydrogen-bond acceptors (Lipinski definition) is 7. The molecule has 0 fully saturated rings. The van der Waals surface area contributed by atoms with Gasteiger partial charge in [0.05, 0.1) is 17.6 Å². The van der Waals surface area contributed by atoms with Crippen molar-refractivity contribution < 1.29 is 8.42 Å². The van der Waals surface area contributed by atoms with Crippen molar-refractivity contribution in [3.8, 4) is 0 Å². The van der Waals surface area contributed by atoms with E-state index in [-0.39, 0.29) is 11.0 Å². The van der Waals surface area contributed by atoms with Crippen LogP contribution in [0, 0.1) is 13.8 Å². The lowest BCUT2D eigenvalue weighted by molar-refractivity contribution is 0.594. The Morgan fingerprint density at radius 2 is 2.00 bits per heavy atom. The smallest absolute Gasteiger partial charge is 0.281 e. The lowest BCUT2D eigenvalue weighted by Crippen LogP contribution is -2.19. The molecule has 0 amide bonds. The molecule has 3 N–H and O–H groups in total. The zero-order valence-corrected chi connectivity index (χ0v) is 12.1. The number of nitrogens with one attached hydrogen (secondary N) is 3. The highest BCUT2D eigenvalue weighted by atomic mass is 32.2. The second kappa shape index (κ2) is 5.51. The normalized spacial score (nSPS) is 11.6. The summed E-state index contributed by atoms with van der Waals surface area (Å²) in [6.45, 7) is 3.84. The van der Waals surface area contributed by atoms with Gasteiger partial charge in [-0.25, -0.2) is 9.71 Å². The van der Waals surface area contributed by atoms with Crippen molar-refractivity contribution in [3.63, 3.8) is 0 Å². The minimum Gasteiger partial charge on any atom is -0.316 e. The molecule has 20 heavy (non-hydrogen) atoms. The molecule has 0 bridgehead atoms. The van der Waals surface area contributed by atoms with Gasteiger partial charge in [0.25, 0.3) is 16.0 Å². The largest absolute Gasteiger partial charge is 0.316 e. The van der Waals surface area contributed by atoms with E-state index in [0.29, 0.717) is 23.5 Å². The quantitative estimate of drug-likeness (QED) is 0.693. The highest BCUT2D eigenvalue weighted by Crippen LogP contribution is 2.15. The Kier molecular flexibility index (Phi) is 3.95. The van der Waals surface area contributed by atoms with Gasteiger partial charge in [-0.1, -0.05) is 0 Å². The van der Waals surface area contributed by atoms with Crippen molar-refractivity contribution in [1.82, 2.24) is 30.7 Å². The van der Waals surface area contributed by atoms with E-state index in [1.165, 1.54) is 6.20 Å². The predicted molar refractivity (Wildman–Crippen MR) is 71.5 cm³/mol. The van der Waals surface area contributed by atoms with Crippen molar-refractivity contribution in [2.75, 3.05) is 11.8 Å². The molecule has 10 heteroatoms. The molecule has 2 aromatic heterocycles. The van der Waals surface area contributed by atoms with Crippen LogP contribution < -0.4 is 10.0 Å². The zero-order valence-electron chi connectivity index (χ0n) is 11.3. The fourth-order valence-corrected chi connectivity index (χ4v) is 2.59. The van der Waals surface area contributed by atoms with Crippen molar-refractivity contribution in [2.24, 2.45) is 0 Å². The SMILES string of the molecule is CNCc1cn[nH]c1S(=O)(=O)Nc1nnc(C)c(C)n1. The minimum absolute atomic E-state index is 0.0197. The number of nitrogens with zero attached hydrogens (tertiary/aromatic N) is 4. The Hall–Kier alpha value is -2.07. The van der Waals surface area contributed by atoms with Gasteiger partial charge in [0.1, 0.15) is 0 Å². The van der Waals surface area contributed by atoms with E-state index >= 15 is 0 Å². The molecular formula is C10H15N7O2S. The van der Waals surface area contributed by atoms with Gasteiger partial charge >= 0.3 is 0 Å². The molecule has 0 radical (unpaired) electrons. The topological polar surface area (TPSA) is 126 Å². The molecule has 0 aliphatic carbocycles. The monoisotopic (exact) mass is 297 g/mol. The molecule has 0 aliphatic rings. The molecular weight excluding hydrogens is 282 g/mol. The number of anilines is 1. The van der Waals surface area contributed by atoms with E-state index in [4.69, 9.17) is 0 Å². The van der Waals surface area contributed by atoms with Gasteiger partial charge in [-0.15, -0.1) is 5.10 Å². The van der Waals surface area contributed by atoms with Crippen LogP contribution in [-0.2, 0) is 16.6 Å². The summed E-state index contributed by atoms with van der Waals surface area (Å²) in [5, 5.41) is 16.6. The lowest BCUT2D eigenvalue weighted by Gasteiger charge is -2.07. The molecule has 0 saturated carbocycles. The molecule has 0 unspecified atom stereocenters.